The lowest BCUT2D eigenvalue weighted by molar-refractivity contribution is -0.317. The molecule has 0 aromatic heterocycles. The fourth-order valence-electron chi connectivity index (χ4n) is 2.53. The minimum atomic E-state index is -0.825. The second kappa shape index (κ2) is 5.63. The van der Waals surface area contributed by atoms with Crippen molar-refractivity contribution < 1.29 is 24.1 Å². The first kappa shape index (κ1) is 13.7. The number of aliphatic hydroxyl groups excluding tert-OH is 1. The molecule has 0 aliphatic carbocycles. The van der Waals surface area contributed by atoms with Crippen LogP contribution in [0.15, 0.2) is 42.5 Å². The predicted molar refractivity (Wildman–Crippen MR) is 70.8 cm³/mol. The fourth-order valence-corrected chi connectivity index (χ4v) is 2.53. The van der Waals surface area contributed by atoms with Crippen LogP contribution in [-0.4, -0.2) is 43.4 Å². The number of hydrogen-bond acceptors (Lipinski definition) is 5. The molecule has 1 aromatic carbocycles. The largest absolute Gasteiger partial charge is 0.386 e. The number of hydrogen-bond donors (Lipinski definition) is 1. The van der Waals surface area contributed by atoms with E-state index in [0.717, 1.165) is 5.56 Å². The first-order chi connectivity index (χ1) is 9.70. The Morgan fingerprint density at radius 1 is 1.25 bits per heavy atom. The van der Waals surface area contributed by atoms with Crippen LogP contribution < -0.4 is 0 Å². The van der Waals surface area contributed by atoms with Crippen LogP contribution in [0.3, 0.4) is 0 Å². The lowest BCUT2D eigenvalue weighted by Crippen LogP contribution is -2.56. The Kier molecular flexibility index (Phi) is 3.87. The Bertz CT molecular complexity index is 474. The zero-order chi connectivity index (χ0) is 14.1. The minimum absolute atomic E-state index is 0.342. The SMILES string of the molecule is C=C1[C@H](OC)O[C@H]2COC(c3ccccc3)O[C@@H]2[C@@H]1O. The summed E-state index contributed by atoms with van der Waals surface area (Å²) < 4.78 is 22.3. The molecule has 108 valence electrons. The Balaban J connectivity index is 1.76. The molecule has 2 heterocycles. The topological polar surface area (TPSA) is 57.2 Å². The summed E-state index contributed by atoms with van der Waals surface area (Å²) in [6, 6.07) is 9.62. The van der Waals surface area contributed by atoms with Gasteiger partial charge in [-0.15, -0.1) is 0 Å². The van der Waals surface area contributed by atoms with Crippen molar-refractivity contribution in [1.82, 2.24) is 0 Å². The van der Waals surface area contributed by atoms with Crippen LogP contribution in [0, 0.1) is 0 Å². The number of methoxy groups -OCH3 is 1. The average molecular weight is 278 g/mol. The molecule has 20 heavy (non-hydrogen) atoms. The van der Waals surface area contributed by atoms with E-state index in [9.17, 15) is 5.11 Å². The van der Waals surface area contributed by atoms with Crippen LogP contribution in [-0.2, 0) is 18.9 Å². The third kappa shape index (κ3) is 2.39. The summed E-state index contributed by atoms with van der Waals surface area (Å²) in [5.41, 5.74) is 1.39. The van der Waals surface area contributed by atoms with Crippen molar-refractivity contribution in [3.8, 4) is 0 Å². The highest BCUT2D eigenvalue weighted by atomic mass is 16.7. The Hall–Kier alpha value is -1.24. The summed E-state index contributed by atoms with van der Waals surface area (Å²) in [5.74, 6) is 0. The Morgan fingerprint density at radius 3 is 2.70 bits per heavy atom. The van der Waals surface area contributed by atoms with Crippen LogP contribution >= 0.6 is 0 Å². The second-order valence-corrected chi connectivity index (χ2v) is 4.94. The Morgan fingerprint density at radius 2 is 2.00 bits per heavy atom. The van der Waals surface area contributed by atoms with Gasteiger partial charge in [0.2, 0.25) is 0 Å². The van der Waals surface area contributed by atoms with Crippen molar-refractivity contribution in [2.75, 3.05) is 13.7 Å². The van der Waals surface area contributed by atoms with Gasteiger partial charge in [0.05, 0.1) is 6.61 Å². The van der Waals surface area contributed by atoms with Gasteiger partial charge in [0.1, 0.15) is 18.3 Å². The van der Waals surface area contributed by atoms with Crippen LogP contribution in [0.1, 0.15) is 11.9 Å². The normalized spacial score (nSPS) is 37.5. The molecule has 2 fully saturated rings. The first-order valence-corrected chi connectivity index (χ1v) is 6.57. The number of ether oxygens (including phenoxy) is 4. The third-order valence-electron chi connectivity index (χ3n) is 3.64. The molecule has 5 atom stereocenters. The lowest BCUT2D eigenvalue weighted by atomic mass is 9.96. The van der Waals surface area contributed by atoms with Crippen molar-refractivity contribution in [3.63, 3.8) is 0 Å². The summed E-state index contributed by atoms with van der Waals surface area (Å²) in [6.07, 6.45) is -2.79. The summed E-state index contributed by atoms with van der Waals surface area (Å²) in [7, 11) is 1.51. The van der Waals surface area contributed by atoms with Gasteiger partial charge in [-0.05, 0) is 0 Å². The van der Waals surface area contributed by atoms with Gasteiger partial charge < -0.3 is 24.1 Å². The first-order valence-electron chi connectivity index (χ1n) is 6.57. The van der Waals surface area contributed by atoms with E-state index in [4.69, 9.17) is 18.9 Å². The van der Waals surface area contributed by atoms with Crippen molar-refractivity contribution in [1.29, 1.82) is 0 Å². The molecular formula is C15H18O5. The molecular weight excluding hydrogens is 260 g/mol. The predicted octanol–water partition coefficient (Wildman–Crippen LogP) is 1.39. The van der Waals surface area contributed by atoms with Gasteiger partial charge in [-0.1, -0.05) is 36.9 Å². The number of fused-ring (bicyclic) bond motifs is 1. The van der Waals surface area contributed by atoms with E-state index in [2.05, 4.69) is 6.58 Å². The van der Waals surface area contributed by atoms with Gasteiger partial charge in [0, 0.05) is 18.2 Å². The van der Waals surface area contributed by atoms with Crippen LogP contribution in [0.5, 0.6) is 0 Å². The molecule has 0 saturated carbocycles. The Labute approximate surface area is 117 Å². The second-order valence-electron chi connectivity index (χ2n) is 4.94. The molecule has 1 N–H and O–H groups in total. The van der Waals surface area contributed by atoms with Crippen LogP contribution in [0.2, 0.25) is 0 Å². The van der Waals surface area contributed by atoms with E-state index in [-0.39, 0.29) is 6.10 Å². The summed E-state index contributed by atoms with van der Waals surface area (Å²) in [4.78, 5) is 0. The summed E-state index contributed by atoms with van der Waals surface area (Å²) in [6.45, 7) is 4.16. The van der Waals surface area contributed by atoms with E-state index in [0.29, 0.717) is 12.2 Å². The quantitative estimate of drug-likeness (QED) is 0.828. The van der Waals surface area contributed by atoms with E-state index in [1.54, 1.807) is 0 Å². The highest BCUT2D eigenvalue weighted by Crippen LogP contribution is 2.35. The molecule has 2 aliphatic heterocycles. The average Bonchev–Trinajstić information content (AvgIpc) is 2.51. The molecule has 1 unspecified atom stereocenters. The number of benzene rings is 1. The van der Waals surface area contributed by atoms with Crippen LogP contribution in [0.4, 0.5) is 0 Å². The zero-order valence-electron chi connectivity index (χ0n) is 11.3. The van der Waals surface area contributed by atoms with E-state index < -0.39 is 24.8 Å². The highest BCUT2D eigenvalue weighted by Gasteiger charge is 2.45. The highest BCUT2D eigenvalue weighted by molar-refractivity contribution is 5.18. The number of rotatable bonds is 2. The summed E-state index contributed by atoms with van der Waals surface area (Å²) in [5, 5.41) is 10.3. The molecule has 0 spiro atoms. The van der Waals surface area contributed by atoms with Gasteiger partial charge in [0.15, 0.2) is 12.6 Å². The van der Waals surface area contributed by atoms with E-state index in [1.165, 1.54) is 7.11 Å². The van der Waals surface area contributed by atoms with E-state index >= 15 is 0 Å². The van der Waals surface area contributed by atoms with Crippen LogP contribution in [0.25, 0.3) is 0 Å². The maximum absolute atomic E-state index is 10.3. The fraction of sp³-hybridized carbons (Fsp3) is 0.467. The molecule has 5 nitrogen and oxygen atoms in total. The molecule has 0 amide bonds. The van der Waals surface area contributed by atoms with Crippen molar-refractivity contribution in [2.24, 2.45) is 0 Å². The third-order valence-corrected chi connectivity index (χ3v) is 3.64. The summed E-state index contributed by atoms with van der Waals surface area (Å²) >= 11 is 0. The smallest absolute Gasteiger partial charge is 0.184 e. The molecule has 2 saturated heterocycles. The van der Waals surface area contributed by atoms with Crippen molar-refractivity contribution >= 4 is 0 Å². The standard InChI is InChI=1S/C15H18O5/c1-9-12(16)13-11(19-14(9)17-2)8-18-15(20-13)10-6-4-3-5-7-10/h3-7,11-16H,1,8H2,2H3/t11-,12+,13-,14+,15?/m0/s1. The van der Waals surface area contributed by atoms with Crippen molar-refractivity contribution in [2.45, 2.75) is 30.9 Å². The van der Waals surface area contributed by atoms with Crippen molar-refractivity contribution in [3.05, 3.63) is 48.0 Å². The molecule has 0 radical (unpaired) electrons. The molecule has 2 aliphatic rings. The van der Waals surface area contributed by atoms with Gasteiger partial charge in [-0.25, -0.2) is 0 Å². The van der Waals surface area contributed by atoms with E-state index in [1.807, 2.05) is 30.3 Å². The molecule has 0 bridgehead atoms. The lowest BCUT2D eigenvalue weighted by Gasteiger charge is -2.44. The van der Waals surface area contributed by atoms with Gasteiger partial charge in [0.25, 0.3) is 0 Å². The van der Waals surface area contributed by atoms with Gasteiger partial charge >= 0.3 is 0 Å². The molecule has 5 heteroatoms. The maximum Gasteiger partial charge on any atom is 0.184 e. The van der Waals surface area contributed by atoms with Gasteiger partial charge in [-0.2, -0.15) is 0 Å². The molecule has 3 rings (SSSR count). The monoisotopic (exact) mass is 278 g/mol. The maximum atomic E-state index is 10.3. The molecule has 1 aromatic rings. The zero-order valence-corrected chi connectivity index (χ0v) is 11.3. The number of aliphatic hydroxyl groups is 1. The van der Waals surface area contributed by atoms with Gasteiger partial charge in [-0.3, -0.25) is 0 Å². The minimum Gasteiger partial charge on any atom is -0.386 e.